The SMILES string of the molecule is CC1(C)CC(NCC(C)(C2CCC(N)CC2)C2CCC(N)CC2)CC(C)(CN)C1. The van der Waals surface area contributed by atoms with Crippen molar-refractivity contribution in [3.05, 3.63) is 0 Å². The van der Waals surface area contributed by atoms with Gasteiger partial charge in [-0.2, -0.15) is 0 Å². The van der Waals surface area contributed by atoms with Crippen LogP contribution in [0.2, 0.25) is 0 Å². The van der Waals surface area contributed by atoms with Crippen molar-refractivity contribution in [1.82, 2.24) is 5.32 Å². The van der Waals surface area contributed by atoms with Gasteiger partial charge >= 0.3 is 0 Å². The number of hydrogen-bond donors (Lipinski definition) is 4. The van der Waals surface area contributed by atoms with E-state index in [9.17, 15) is 0 Å². The largest absolute Gasteiger partial charge is 0.330 e. The third kappa shape index (κ3) is 5.75. The molecule has 0 aromatic rings. The van der Waals surface area contributed by atoms with Crippen molar-refractivity contribution in [2.24, 2.45) is 45.3 Å². The lowest BCUT2D eigenvalue weighted by Gasteiger charge is -2.51. The molecule has 0 heterocycles. The smallest absolute Gasteiger partial charge is 0.00780 e. The first-order chi connectivity index (χ1) is 13.6. The summed E-state index contributed by atoms with van der Waals surface area (Å²) in [4.78, 5) is 0. The van der Waals surface area contributed by atoms with Gasteiger partial charge in [0.1, 0.15) is 0 Å². The lowest BCUT2D eigenvalue weighted by atomic mass is 9.58. The van der Waals surface area contributed by atoms with Crippen molar-refractivity contribution in [1.29, 1.82) is 0 Å². The van der Waals surface area contributed by atoms with Gasteiger partial charge in [-0.3, -0.25) is 0 Å². The number of rotatable bonds is 6. The number of nitrogens with one attached hydrogen (secondary N) is 1. The van der Waals surface area contributed by atoms with Gasteiger partial charge in [0.2, 0.25) is 0 Å². The maximum Gasteiger partial charge on any atom is 0.00780 e. The summed E-state index contributed by atoms with van der Waals surface area (Å²) in [5.41, 5.74) is 19.7. The lowest BCUT2D eigenvalue weighted by molar-refractivity contribution is 0.0191. The molecule has 0 aromatic carbocycles. The summed E-state index contributed by atoms with van der Waals surface area (Å²) in [6, 6.07) is 1.43. The highest BCUT2D eigenvalue weighted by molar-refractivity contribution is 4.99. The molecule has 3 aliphatic carbocycles. The van der Waals surface area contributed by atoms with E-state index in [-0.39, 0.29) is 5.41 Å². The van der Waals surface area contributed by atoms with Crippen LogP contribution in [0.15, 0.2) is 0 Å². The van der Waals surface area contributed by atoms with Gasteiger partial charge in [-0.25, -0.2) is 0 Å². The average Bonchev–Trinajstić information content (AvgIpc) is 2.66. The van der Waals surface area contributed by atoms with Crippen molar-refractivity contribution in [3.8, 4) is 0 Å². The molecule has 0 saturated heterocycles. The summed E-state index contributed by atoms with van der Waals surface area (Å²) in [5.74, 6) is 1.60. The van der Waals surface area contributed by atoms with Crippen LogP contribution < -0.4 is 22.5 Å². The van der Waals surface area contributed by atoms with E-state index in [2.05, 4.69) is 33.0 Å². The molecule has 0 spiro atoms. The summed E-state index contributed by atoms with van der Waals surface area (Å²) in [6.07, 6.45) is 13.8. The molecule has 170 valence electrons. The quantitative estimate of drug-likeness (QED) is 0.533. The van der Waals surface area contributed by atoms with Crippen LogP contribution >= 0.6 is 0 Å². The Bertz CT molecular complexity index is 495. The maximum absolute atomic E-state index is 6.26. The molecule has 29 heavy (non-hydrogen) atoms. The molecule has 3 rings (SSSR count). The summed E-state index contributed by atoms with van der Waals surface area (Å²) >= 11 is 0. The van der Waals surface area contributed by atoms with Gasteiger partial charge in [-0.1, -0.05) is 27.7 Å². The van der Waals surface area contributed by atoms with Crippen LogP contribution in [0.4, 0.5) is 0 Å². The standard InChI is InChI=1S/C25H50N4/c1-23(2)13-22(14-24(3,15-23)16-26)29-17-25(4,18-5-9-20(27)10-6-18)19-7-11-21(28)12-8-19/h18-22,29H,5-17,26-28H2,1-4H3. The minimum absolute atomic E-state index is 0.269. The van der Waals surface area contributed by atoms with Gasteiger partial charge in [0, 0.05) is 24.7 Å². The fourth-order valence-corrected chi connectivity index (χ4v) is 7.48. The highest BCUT2D eigenvalue weighted by Gasteiger charge is 2.45. The lowest BCUT2D eigenvalue weighted by Crippen LogP contribution is -2.53. The van der Waals surface area contributed by atoms with E-state index in [4.69, 9.17) is 17.2 Å². The number of nitrogens with two attached hydrogens (primary N) is 3. The molecular formula is C25H50N4. The minimum Gasteiger partial charge on any atom is -0.330 e. The summed E-state index contributed by atoms with van der Waals surface area (Å²) in [7, 11) is 0. The van der Waals surface area contributed by atoms with Gasteiger partial charge in [-0.05, 0) is 105 Å². The van der Waals surface area contributed by atoms with E-state index < -0.39 is 0 Å². The van der Waals surface area contributed by atoms with Gasteiger partial charge in [0.15, 0.2) is 0 Å². The first kappa shape index (κ1) is 23.5. The van der Waals surface area contributed by atoms with E-state index in [0.29, 0.717) is 29.0 Å². The Morgan fingerprint density at radius 2 is 1.31 bits per heavy atom. The first-order valence-corrected chi connectivity index (χ1v) is 12.5. The zero-order chi connectivity index (χ0) is 21.3. The molecule has 0 aromatic heterocycles. The zero-order valence-electron chi connectivity index (χ0n) is 19.8. The predicted molar refractivity (Wildman–Crippen MR) is 125 cm³/mol. The fraction of sp³-hybridized carbons (Fsp3) is 1.00. The fourth-order valence-electron chi connectivity index (χ4n) is 7.48. The molecule has 0 bridgehead atoms. The molecule has 0 radical (unpaired) electrons. The van der Waals surface area contributed by atoms with Crippen molar-refractivity contribution in [3.63, 3.8) is 0 Å². The van der Waals surface area contributed by atoms with Crippen molar-refractivity contribution in [2.75, 3.05) is 13.1 Å². The third-order valence-electron chi connectivity index (χ3n) is 9.12. The number of hydrogen-bond acceptors (Lipinski definition) is 4. The molecule has 3 aliphatic rings. The van der Waals surface area contributed by atoms with Crippen molar-refractivity contribution < 1.29 is 0 Å². The second kappa shape index (κ2) is 9.14. The molecule has 2 atom stereocenters. The third-order valence-corrected chi connectivity index (χ3v) is 9.12. The van der Waals surface area contributed by atoms with Crippen LogP contribution in [0, 0.1) is 28.1 Å². The zero-order valence-corrected chi connectivity index (χ0v) is 19.8. The van der Waals surface area contributed by atoms with Crippen LogP contribution in [-0.4, -0.2) is 31.2 Å². The Morgan fingerprint density at radius 3 is 1.76 bits per heavy atom. The van der Waals surface area contributed by atoms with Crippen LogP contribution in [0.1, 0.15) is 98.3 Å². The molecule has 4 heteroatoms. The minimum atomic E-state index is 0.269. The highest BCUT2D eigenvalue weighted by Crippen LogP contribution is 2.49. The Balaban J connectivity index is 1.71. The van der Waals surface area contributed by atoms with E-state index in [1.807, 2.05) is 0 Å². The first-order valence-electron chi connectivity index (χ1n) is 12.5. The van der Waals surface area contributed by atoms with Gasteiger partial charge in [0.05, 0.1) is 0 Å². The molecular weight excluding hydrogens is 356 g/mol. The van der Waals surface area contributed by atoms with E-state index in [1.54, 1.807) is 0 Å². The Morgan fingerprint density at radius 1 is 0.828 bits per heavy atom. The molecule has 7 N–H and O–H groups in total. The summed E-state index contributed by atoms with van der Waals surface area (Å²) in [5, 5.41) is 4.11. The van der Waals surface area contributed by atoms with Crippen molar-refractivity contribution >= 4 is 0 Å². The molecule has 3 saturated carbocycles. The van der Waals surface area contributed by atoms with E-state index >= 15 is 0 Å². The van der Waals surface area contributed by atoms with Crippen LogP contribution in [0.5, 0.6) is 0 Å². The molecule has 0 aliphatic heterocycles. The Kier molecular flexibility index (Phi) is 7.41. The van der Waals surface area contributed by atoms with Crippen molar-refractivity contribution in [2.45, 2.75) is 116 Å². The van der Waals surface area contributed by atoms with Gasteiger partial charge in [0.25, 0.3) is 0 Å². The van der Waals surface area contributed by atoms with Gasteiger partial charge < -0.3 is 22.5 Å². The average molecular weight is 407 g/mol. The monoisotopic (exact) mass is 406 g/mol. The Hall–Kier alpha value is -0.160. The Labute approximate surface area is 180 Å². The topological polar surface area (TPSA) is 90.1 Å². The maximum atomic E-state index is 6.26. The molecule has 0 amide bonds. The van der Waals surface area contributed by atoms with E-state index in [0.717, 1.165) is 24.9 Å². The molecule has 4 nitrogen and oxygen atoms in total. The molecule has 2 unspecified atom stereocenters. The van der Waals surface area contributed by atoms with Crippen LogP contribution in [-0.2, 0) is 0 Å². The predicted octanol–water partition coefficient (Wildman–Crippen LogP) is 4.16. The molecule has 3 fully saturated rings. The summed E-state index contributed by atoms with van der Waals surface area (Å²) in [6.45, 7) is 11.8. The van der Waals surface area contributed by atoms with Gasteiger partial charge in [-0.15, -0.1) is 0 Å². The van der Waals surface area contributed by atoms with Crippen LogP contribution in [0.3, 0.4) is 0 Å². The van der Waals surface area contributed by atoms with E-state index in [1.165, 1.54) is 70.6 Å². The summed E-state index contributed by atoms with van der Waals surface area (Å²) < 4.78 is 0. The van der Waals surface area contributed by atoms with Crippen LogP contribution in [0.25, 0.3) is 0 Å². The second-order valence-electron chi connectivity index (χ2n) is 12.6. The normalized spacial score (nSPS) is 42.9. The second-order valence-corrected chi connectivity index (χ2v) is 12.6. The highest BCUT2D eigenvalue weighted by atomic mass is 14.9.